The molecule has 0 atom stereocenters. The van der Waals surface area contributed by atoms with Gasteiger partial charge in [0.05, 0.1) is 0 Å². The lowest BCUT2D eigenvalue weighted by Crippen LogP contribution is -2.00. The molecule has 0 aliphatic carbocycles. The second-order valence-electron chi connectivity index (χ2n) is 13.6. The molecule has 55 heavy (non-hydrogen) atoms. The van der Waals surface area contributed by atoms with Gasteiger partial charge in [-0.3, -0.25) is 0 Å². The van der Waals surface area contributed by atoms with E-state index in [0.29, 0.717) is 17.5 Å². The zero-order valence-electron chi connectivity index (χ0n) is 29.8. The summed E-state index contributed by atoms with van der Waals surface area (Å²) in [5, 5.41) is 1.97. The highest BCUT2D eigenvalue weighted by atomic mass is 16.3. The molecular formula is C51H33N3O. The fourth-order valence-electron chi connectivity index (χ4n) is 7.39. The van der Waals surface area contributed by atoms with E-state index < -0.39 is 0 Å². The quantitative estimate of drug-likeness (QED) is 0.166. The number of benzene rings is 8. The highest BCUT2D eigenvalue weighted by Gasteiger charge is 2.21. The Bertz CT molecular complexity index is 2920. The number of nitrogens with zero attached hydrogens (tertiary/aromatic N) is 3. The minimum absolute atomic E-state index is 0.582. The fourth-order valence-corrected chi connectivity index (χ4v) is 7.39. The Hall–Kier alpha value is -7.43. The molecule has 0 fully saturated rings. The summed E-state index contributed by atoms with van der Waals surface area (Å²) in [5.41, 5.74) is 13.2. The van der Waals surface area contributed by atoms with Crippen molar-refractivity contribution < 1.29 is 4.42 Å². The molecule has 0 saturated carbocycles. The van der Waals surface area contributed by atoms with E-state index in [4.69, 9.17) is 19.4 Å². The third-order valence-corrected chi connectivity index (χ3v) is 10.2. The van der Waals surface area contributed by atoms with E-state index in [1.807, 2.05) is 48.5 Å². The van der Waals surface area contributed by atoms with E-state index in [9.17, 15) is 0 Å². The minimum Gasteiger partial charge on any atom is -0.455 e. The summed E-state index contributed by atoms with van der Waals surface area (Å²) in [6.45, 7) is 0. The largest absolute Gasteiger partial charge is 0.455 e. The summed E-state index contributed by atoms with van der Waals surface area (Å²) in [6, 6.07) is 69.2. The summed E-state index contributed by atoms with van der Waals surface area (Å²) in [4.78, 5) is 15.5. The maximum atomic E-state index is 6.89. The normalized spacial score (nSPS) is 11.3. The maximum absolute atomic E-state index is 6.89. The van der Waals surface area contributed by atoms with Crippen molar-refractivity contribution in [3.63, 3.8) is 0 Å². The number of furan rings is 1. The van der Waals surface area contributed by atoms with Crippen LogP contribution in [-0.2, 0) is 0 Å². The minimum atomic E-state index is 0.582. The van der Waals surface area contributed by atoms with Crippen molar-refractivity contribution in [2.45, 2.75) is 0 Å². The van der Waals surface area contributed by atoms with Crippen LogP contribution < -0.4 is 0 Å². The highest BCUT2D eigenvalue weighted by Crippen LogP contribution is 2.43. The van der Waals surface area contributed by atoms with Crippen LogP contribution >= 0.6 is 0 Å². The van der Waals surface area contributed by atoms with Gasteiger partial charge in [0.25, 0.3) is 0 Å². The lowest BCUT2D eigenvalue weighted by atomic mass is 9.96. The van der Waals surface area contributed by atoms with Crippen LogP contribution in [0.1, 0.15) is 0 Å². The van der Waals surface area contributed by atoms with E-state index in [1.54, 1.807) is 0 Å². The summed E-state index contributed by atoms with van der Waals surface area (Å²) in [7, 11) is 0. The van der Waals surface area contributed by atoms with Gasteiger partial charge in [0.15, 0.2) is 17.5 Å². The van der Waals surface area contributed by atoms with Crippen LogP contribution in [-0.4, -0.2) is 15.0 Å². The number of aromatic nitrogens is 3. The first-order chi connectivity index (χ1) is 27.2. The predicted octanol–water partition coefficient (Wildman–Crippen LogP) is 13.4. The summed E-state index contributed by atoms with van der Waals surface area (Å²) >= 11 is 0. The molecule has 0 bridgehead atoms. The molecule has 10 rings (SSSR count). The van der Waals surface area contributed by atoms with Crippen LogP contribution in [0.5, 0.6) is 0 Å². The van der Waals surface area contributed by atoms with Gasteiger partial charge in [0.2, 0.25) is 0 Å². The van der Waals surface area contributed by atoms with Gasteiger partial charge in [0.1, 0.15) is 11.2 Å². The van der Waals surface area contributed by atoms with Gasteiger partial charge in [-0.05, 0) is 51.1 Å². The molecular weight excluding hydrogens is 671 g/mol. The Morgan fingerprint density at radius 3 is 1.25 bits per heavy atom. The molecule has 0 amide bonds. The van der Waals surface area contributed by atoms with Gasteiger partial charge >= 0.3 is 0 Å². The van der Waals surface area contributed by atoms with Crippen molar-refractivity contribution in [2.24, 2.45) is 0 Å². The maximum Gasteiger partial charge on any atom is 0.164 e. The zero-order valence-corrected chi connectivity index (χ0v) is 29.8. The predicted molar refractivity (Wildman–Crippen MR) is 225 cm³/mol. The smallest absolute Gasteiger partial charge is 0.164 e. The monoisotopic (exact) mass is 703 g/mol. The third kappa shape index (κ3) is 6.16. The Morgan fingerprint density at radius 1 is 0.291 bits per heavy atom. The Morgan fingerprint density at radius 2 is 0.709 bits per heavy atom. The van der Waals surface area contributed by atoms with Gasteiger partial charge < -0.3 is 4.42 Å². The molecule has 0 N–H and O–H groups in total. The van der Waals surface area contributed by atoms with Crippen molar-refractivity contribution >= 4 is 21.9 Å². The molecule has 8 aromatic carbocycles. The van der Waals surface area contributed by atoms with Crippen LogP contribution in [0.25, 0.3) is 101 Å². The molecule has 0 spiro atoms. The van der Waals surface area contributed by atoms with Gasteiger partial charge in [-0.15, -0.1) is 0 Å². The molecule has 0 unspecified atom stereocenters. The summed E-state index contributed by atoms with van der Waals surface area (Å²) in [5.74, 6) is 1.80. The molecule has 0 saturated heterocycles. The second-order valence-corrected chi connectivity index (χ2v) is 13.6. The Labute approximate surface area is 319 Å². The first-order valence-electron chi connectivity index (χ1n) is 18.4. The topological polar surface area (TPSA) is 51.8 Å². The molecule has 0 radical (unpaired) electrons. The summed E-state index contributed by atoms with van der Waals surface area (Å²) < 4.78 is 6.89. The molecule has 2 heterocycles. The molecule has 0 aliphatic heterocycles. The van der Waals surface area contributed by atoms with Crippen molar-refractivity contribution in [1.82, 2.24) is 15.0 Å². The SMILES string of the molecule is c1ccc(-c2ccc(-c3nc(-c4ccccc4)nc(-c4cc(-c5ccccc5)cc5oc6c(-c7ccc(-c8ccccc8)cc7)cccc6c45)n3)cc2)cc1. The molecule has 4 nitrogen and oxygen atoms in total. The average molecular weight is 704 g/mol. The van der Waals surface area contributed by atoms with Gasteiger partial charge in [-0.25, -0.2) is 15.0 Å². The number of hydrogen-bond acceptors (Lipinski definition) is 4. The molecule has 4 heteroatoms. The van der Waals surface area contributed by atoms with E-state index in [0.717, 1.165) is 72.0 Å². The number of hydrogen-bond donors (Lipinski definition) is 0. The standard InChI is InChI=1S/C51H33N3O/c1-5-14-34(15-6-1)37-24-28-39(29-25-37)43-22-13-23-44-47-45(32-42(33-46(47)55-48(43)44)36-18-9-3-10-19-36)51-53-49(40-20-11-4-12-21-40)52-50(54-51)41-30-26-38(27-31-41)35-16-7-2-8-17-35/h1-33H. The van der Waals surface area contributed by atoms with Gasteiger partial charge in [-0.2, -0.15) is 0 Å². The van der Waals surface area contributed by atoms with Crippen LogP contribution in [0.2, 0.25) is 0 Å². The van der Waals surface area contributed by atoms with Gasteiger partial charge in [-0.1, -0.05) is 188 Å². The van der Waals surface area contributed by atoms with Crippen LogP contribution in [0.4, 0.5) is 0 Å². The zero-order chi connectivity index (χ0) is 36.6. The Kier molecular flexibility index (Phi) is 8.12. The third-order valence-electron chi connectivity index (χ3n) is 10.2. The molecule has 2 aromatic heterocycles. The lowest BCUT2D eigenvalue weighted by Gasteiger charge is -2.11. The number of rotatable bonds is 7. The van der Waals surface area contributed by atoms with E-state index >= 15 is 0 Å². The summed E-state index contributed by atoms with van der Waals surface area (Å²) in [6.07, 6.45) is 0. The average Bonchev–Trinajstić information content (AvgIpc) is 3.66. The number of para-hydroxylation sites is 1. The Balaban J connectivity index is 1.18. The molecule has 10 aromatic rings. The second kappa shape index (κ2) is 13.8. The fraction of sp³-hybridized carbons (Fsp3) is 0. The van der Waals surface area contributed by atoms with Crippen LogP contribution in [0, 0.1) is 0 Å². The lowest BCUT2D eigenvalue weighted by molar-refractivity contribution is 0.670. The van der Waals surface area contributed by atoms with Crippen molar-refractivity contribution in [3.8, 4) is 78.7 Å². The molecule has 0 aliphatic rings. The van der Waals surface area contributed by atoms with Crippen LogP contribution in [0.3, 0.4) is 0 Å². The number of fused-ring (bicyclic) bond motifs is 3. The van der Waals surface area contributed by atoms with Crippen molar-refractivity contribution in [3.05, 3.63) is 200 Å². The van der Waals surface area contributed by atoms with Gasteiger partial charge in [0, 0.05) is 33.0 Å². The van der Waals surface area contributed by atoms with Crippen LogP contribution in [0.15, 0.2) is 205 Å². The first kappa shape index (κ1) is 32.2. The van der Waals surface area contributed by atoms with E-state index in [-0.39, 0.29) is 0 Å². The van der Waals surface area contributed by atoms with E-state index in [2.05, 4.69) is 152 Å². The van der Waals surface area contributed by atoms with Crippen molar-refractivity contribution in [2.75, 3.05) is 0 Å². The molecule has 258 valence electrons. The highest BCUT2D eigenvalue weighted by molar-refractivity contribution is 6.16. The van der Waals surface area contributed by atoms with E-state index in [1.165, 1.54) is 11.1 Å². The van der Waals surface area contributed by atoms with Crippen molar-refractivity contribution in [1.29, 1.82) is 0 Å². The first-order valence-corrected chi connectivity index (χ1v) is 18.4.